The van der Waals surface area contributed by atoms with Crippen LogP contribution in [0.1, 0.15) is 387 Å². The minimum Gasteiger partial charge on any atom is -0.381 e. The van der Waals surface area contributed by atoms with Crippen LogP contribution in [0.15, 0.2) is 48.6 Å². The maximum atomic E-state index is 14.0. The largest absolute Gasteiger partial charge is 0.534 e. The molecule has 0 rings (SSSR count). The fourth-order valence-electron chi connectivity index (χ4n) is 11.7. The average Bonchev–Trinajstić information content (AvgIpc) is 0.796. The van der Waals surface area contributed by atoms with Crippen LogP contribution in [-0.4, -0.2) is 78.9 Å². The van der Waals surface area contributed by atoms with Crippen molar-refractivity contribution in [3.05, 3.63) is 48.6 Å². The van der Waals surface area contributed by atoms with Gasteiger partial charge in [0.2, 0.25) is 0 Å². The maximum absolute atomic E-state index is 14.0. The van der Waals surface area contributed by atoms with Gasteiger partial charge in [-0.05, 0) is 128 Å². The zero-order valence-corrected chi connectivity index (χ0v) is 61.3. The second kappa shape index (κ2) is 62.5. The van der Waals surface area contributed by atoms with Gasteiger partial charge in [0.1, 0.15) is 0 Å². The van der Waals surface area contributed by atoms with Gasteiger partial charge in [-0.25, -0.2) is 14.2 Å². The Labute approximate surface area is 572 Å². The lowest BCUT2D eigenvalue weighted by Gasteiger charge is -2.31. The molecular formula is C78H138ClO13P. The lowest BCUT2D eigenvalue weighted by molar-refractivity contribution is -0.181. The average molecular weight is 1350 g/mol. The summed E-state index contributed by atoms with van der Waals surface area (Å²) < 4.78 is 23.6. The van der Waals surface area contributed by atoms with Gasteiger partial charge in [0.15, 0.2) is 35.3 Å². The highest BCUT2D eigenvalue weighted by atomic mass is 35.7. The molecule has 0 aliphatic heterocycles. The Hall–Kier alpha value is -3.06. The lowest BCUT2D eigenvalue weighted by atomic mass is 9.85. The molecular weight excluding hydrogens is 1210 g/mol. The van der Waals surface area contributed by atoms with E-state index < -0.39 is 78.3 Å². The normalized spacial score (nSPS) is 14.6. The Balaban J connectivity index is 6.10. The van der Waals surface area contributed by atoms with Crippen molar-refractivity contribution in [3.63, 3.8) is 0 Å². The van der Waals surface area contributed by atoms with Crippen LogP contribution in [0.25, 0.3) is 0 Å². The fraction of sp³-hybridized carbons (Fsp3) is 0.821. The van der Waals surface area contributed by atoms with Crippen LogP contribution in [0, 0.1) is 0 Å². The molecule has 4 N–H and O–H groups in total. The van der Waals surface area contributed by atoms with Gasteiger partial charge >= 0.3 is 18.9 Å². The van der Waals surface area contributed by atoms with Crippen LogP contribution in [0.2, 0.25) is 0 Å². The Morgan fingerprint density at radius 2 is 0.484 bits per heavy atom. The molecule has 15 heteroatoms. The molecule has 0 saturated heterocycles. The number of halogens is 1. The Kier molecular flexibility index (Phi) is 60.4. The predicted molar refractivity (Wildman–Crippen MR) is 385 cm³/mol. The summed E-state index contributed by atoms with van der Waals surface area (Å²) in [5, 5.41) is 46.7. The highest BCUT2D eigenvalue weighted by Gasteiger charge is 2.59. The number of carbonyl (C=O) groups excluding carboxylic acids is 6. The number of Topliss-reactive ketones (excluding diaryl/α,β-unsaturated/α-hetero) is 4. The Bertz CT molecular complexity index is 1920. The molecule has 0 fully saturated rings. The first kappa shape index (κ1) is 89.9. The van der Waals surface area contributed by atoms with Crippen LogP contribution >= 0.6 is 18.2 Å². The van der Waals surface area contributed by atoms with Crippen molar-refractivity contribution < 1.29 is 62.8 Å². The Morgan fingerprint density at radius 3 is 0.688 bits per heavy atom. The van der Waals surface area contributed by atoms with Crippen LogP contribution < -0.4 is 0 Å². The van der Waals surface area contributed by atoms with E-state index in [-0.39, 0.29) is 38.5 Å². The van der Waals surface area contributed by atoms with Crippen molar-refractivity contribution in [2.45, 2.75) is 411 Å². The second-order valence-corrected chi connectivity index (χ2v) is 29.1. The first-order valence-corrected chi connectivity index (χ1v) is 40.8. The first-order chi connectivity index (χ1) is 45.0. The second-order valence-electron chi connectivity index (χ2n) is 26.6. The van der Waals surface area contributed by atoms with E-state index in [1.54, 1.807) is 0 Å². The van der Waals surface area contributed by atoms with E-state index in [0.29, 0.717) is 25.7 Å². The van der Waals surface area contributed by atoms with Gasteiger partial charge in [0.05, 0.1) is 0 Å². The SMILES string of the molecule is CCCCCCCC/C=C\CCCCCCCC(=O)C(O)C(O)(C(=O)CCCCCCC/C=C\CCCCCCCC)C(=O)OP(=O)(Cl)OC(=O)C(O)(C(=O)CCCCCCC/C=C\CCCCCCCC)C(O)C(=O)CCCCCCC/C=C\CCCCCCCC. The quantitative estimate of drug-likeness (QED) is 0.0193. The molecule has 0 radical (unpaired) electrons. The summed E-state index contributed by atoms with van der Waals surface area (Å²) in [6.07, 6.45) is 61.8. The molecule has 0 aromatic heterocycles. The van der Waals surface area contributed by atoms with Gasteiger partial charge in [-0.3, -0.25) is 19.2 Å². The molecule has 0 bridgehead atoms. The number of allylic oxidation sites excluding steroid dienone is 8. The zero-order chi connectivity index (χ0) is 68.8. The van der Waals surface area contributed by atoms with Crippen LogP contribution in [0.5, 0.6) is 0 Å². The van der Waals surface area contributed by atoms with E-state index in [1.165, 1.54) is 154 Å². The van der Waals surface area contributed by atoms with E-state index in [2.05, 4.69) is 76.3 Å². The van der Waals surface area contributed by atoms with E-state index in [4.69, 9.17) is 20.3 Å². The van der Waals surface area contributed by atoms with Crippen LogP contribution in [0.3, 0.4) is 0 Å². The maximum Gasteiger partial charge on any atom is 0.534 e. The standard InChI is InChI=1S/C78H138ClO13P/c1-5-9-13-17-21-25-29-33-37-41-45-49-53-57-61-65-69(80)73(84)77(88,71(82)67-63-59-55-51-47-43-39-35-31-27-23-19-15-11-7-3)75(86)91-93(79,90)92-76(87)78(89,72(83)68-64-60-56-52-48-44-40-36-32-28-24-20-16-12-8-4)74(85)70(81)66-62-58-54-50-46-42-38-34-30-26-22-18-14-10-6-2/h33-40,73-74,84-85,88-89H,5-32,41-68H2,1-4H3/b37-33-,38-34-,39-35-,40-36-. The third-order valence-corrected chi connectivity index (χ3v) is 19.1. The van der Waals surface area contributed by atoms with Crippen LogP contribution in [-0.2, 0) is 42.4 Å². The molecule has 4 atom stereocenters. The number of unbranched alkanes of at least 4 members (excludes halogenated alkanes) is 44. The van der Waals surface area contributed by atoms with E-state index in [0.717, 1.165) is 128 Å². The summed E-state index contributed by atoms with van der Waals surface area (Å²) in [4.78, 5) is 83.2. The molecule has 0 aliphatic rings. The van der Waals surface area contributed by atoms with Gasteiger partial charge in [0, 0.05) is 36.9 Å². The van der Waals surface area contributed by atoms with Gasteiger partial charge in [-0.2, -0.15) is 0 Å². The monoisotopic (exact) mass is 1350 g/mol. The van der Waals surface area contributed by atoms with Gasteiger partial charge in [-0.1, -0.05) is 282 Å². The zero-order valence-electron chi connectivity index (χ0n) is 59.7. The third kappa shape index (κ3) is 47.5. The lowest BCUT2D eigenvalue weighted by Crippen LogP contribution is -2.60. The topological polar surface area (TPSA) is 219 Å². The summed E-state index contributed by atoms with van der Waals surface area (Å²) in [6, 6.07) is 0. The highest BCUT2D eigenvalue weighted by molar-refractivity contribution is 7.82. The predicted octanol–water partition coefficient (Wildman–Crippen LogP) is 22.0. The third-order valence-electron chi connectivity index (χ3n) is 18.0. The van der Waals surface area contributed by atoms with Crippen molar-refractivity contribution in [1.29, 1.82) is 0 Å². The first-order valence-electron chi connectivity index (χ1n) is 38.3. The smallest absolute Gasteiger partial charge is 0.381 e. The highest BCUT2D eigenvalue weighted by Crippen LogP contribution is 2.55. The summed E-state index contributed by atoms with van der Waals surface area (Å²) in [7, 11) is 0. The fourth-order valence-corrected chi connectivity index (χ4v) is 12.8. The number of ketones is 4. The van der Waals surface area contributed by atoms with E-state index in [9.17, 15) is 53.8 Å². The van der Waals surface area contributed by atoms with Crippen molar-refractivity contribution in [3.8, 4) is 0 Å². The molecule has 0 aromatic rings. The van der Waals surface area contributed by atoms with Crippen molar-refractivity contribution in [1.82, 2.24) is 0 Å². The minimum atomic E-state index is -5.77. The Morgan fingerprint density at radius 1 is 0.312 bits per heavy atom. The molecule has 0 aromatic carbocycles. The number of carbonyl (C=O) groups is 6. The van der Waals surface area contributed by atoms with Gasteiger partial charge in [-0.15, -0.1) is 0 Å². The summed E-state index contributed by atoms with van der Waals surface area (Å²) in [5.74, 6) is -9.06. The number of aliphatic hydroxyl groups excluding tert-OH is 2. The molecule has 540 valence electrons. The molecule has 0 amide bonds. The molecule has 4 unspecified atom stereocenters. The molecule has 13 nitrogen and oxygen atoms in total. The summed E-state index contributed by atoms with van der Waals surface area (Å²) in [5.41, 5.74) is -7.29. The summed E-state index contributed by atoms with van der Waals surface area (Å²) in [6.45, 7) is 3.08. The molecule has 0 heterocycles. The molecule has 0 aliphatic carbocycles. The minimum absolute atomic E-state index is 0.153. The molecule has 0 spiro atoms. The number of rotatable bonds is 70. The molecule has 93 heavy (non-hydrogen) atoms. The van der Waals surface area contributed by atoms with Crippen molar-refractivity contribution >= 4 is 53.3 Å². The van der Waals surface area contributed by atoms with E-state index >= 15 is 0 Å². The van der Waals surface area contributed by atoms with Crippen molar-refractivity contribution in [2.24, 2.45) is 0 Å². The number of aliphatic hydroxyl groups is 4. The summed E-state index contributed by atoms with van der Waals surface area (Å²) >= 11 is 6.10. The van der Waals surface area contributed by atoms with E-state index in [1.807, 2.05) is 0 Å². The van der Waals surface area contributed by atoms with Crippen molar-refractivity contribution in [2.75, 3.05) is 0 Å². The molecule has 0 saturated carbocycles. The number of hydrogen-bond donors (Lipinski definition) is 4. The number of hydrogen-bond acceptors (Lipinski definition) is 13. The van der Waals surface area contributed by atoms with Gasteiger partial charge < -0.3 is 29.5 Å². The van der Waals surface area contributed by atoms with Crippen LogP contribution in [0.4, 0.5) is 0 Å². The van der Waals surface area contributed by atoms with Gasteiger partial charge in [0.25, 0.3) is 11.2 Å².